The van der Waals surface area contributed by atoms with E-state index >= 15 is 0 Å². The Morgan fingerprint density at radius 1 is 1.28 bits per heavy atom. The van der Waals surface area contributed by atoms with Gasteiger partial charge in [-0.3, -0.25) is 9.88 Å². The van der Waals surface area contributed by atoms with Crippen LogP contribution in [0.2, 0.25) is 0 Å². The van der Waals surface area contributed by atoms with E-state index in [1.54, 1.807) is 0 Å². The molecule has 7 heteroatoms. The third-order valence-electron chi connectivity index (χ3n) is 4.94. The van der Waals surface area contributed by atoms with E-state index in [0.29, 0.717) is 12.6 Å². The lowest BCUT2D eigenvalue weighted by atomic mass is 9.88. The first-order valence-electron chi connectivity index (χ1n) is 8.70. The smallest absolute Gasteiger partial charge is 0.223 e. The topological polar surface area (TPSA) is 63.2 Å². The van der Waals surface area contributed by atoms with Gasteiger partial charge >= 0.3 is 0 Å². The van der Waals surface area contributed by atoms with Gasteiger partial charge in [0.05, 0.1) is 30.6 Å². The minimum absolute atomic E-state index is 0.108. The monoisotopic (exact) mass is 343 g/mol. The highest BCUT2D eigenvalue weighted by Crippen LogP contribution is 2.35. The van der Waals surface area contributed by atoms with Crippen LogP contribution in [0.1, 0.15) is 24.8 Å². The van der Waals surface area contributed by atoms with Crippen molar-refractivity contribution in [3.8, 4) is 0 Å². The third kappa shape index (κ3) is 3.93. The molecule has 1 N–H and O–H groups in total. The Labute approximate surface area is 146 Å². The van der Waals surface area contributed by atoms with Crippen molar-refractivity contribution in [2.75, 3.05) is 25.0 Å². The van der Waals surface area contributed by atoms with Crippen LogP contribution in [0.3, 0.4) is 0 Å². The number of nitrogens with zero attached hydrogens (tertiary/aromatic N) is 4. The van der Waals surface area contributed by atoms with Crippen LogP contribution in [-0.2, 0) is 11.3 Å². The highest BCUT2D eigenvalue weighted by molar-refractivity contribution is 5.26. The van der Waals surface area contributed by atoms with E-state index in [-0.39, 0.29) is 11.6 Å². The highest BCUT2D eigenvalue weighted by Gasteiger charge is 2.43. The Kier molecular flexibility index (Phi) is 4.59. The number of hydrogen-bond donors (Lipinski definition) is 1. The molecule has 2 fully saturated rings. The fourth-order valence-corrected chi connectivity index (χ4v) is 3.86. The summed E-state index contributed by atoms with van der Waals surface area (Å²) < 4.78 is 19.1. The van der Waals surface area contributed by atoms with Gasteiger partial charge in [0.1, 0.15) is 0 Å². The molecule has 0 saturated carbocycles. The minimum Gasteiger partial charge on any atom is -0.371 e. The molecule has 0 aromatic carbocycles. The van der Waals surface area contributed by atoms with Crippen molar-refractivity contribution in [2.45, 2.75) is 37.5 Å². The summed E-state index contributed by atoms with van der Waals surface area (Å²) in [6.07, 6.45) is 9.15. The minimum atomic E-state index is -0.427. The lowest BCUT2D eigenvalue weighted by Gasteiger charge is -2.39. The van der Waals surface area contributed by atoms with Crippen molar-refractivity contribution < 1.29 is 9.13 Å². The average Bonchev–Trinajstić information content (AvgIpc) is 3.00. The molecule has 0 amide bonds. The molecular weight excluding hydrogens is 321 g/mol. The van der Waals surface area contributed by atoms with Crippen LogP contribution in [-0.4, -0.2) is 51.2 Å². The van der Waals surface area contributed by atoms with Crippen LogP contribution in [0.25, 0.3) is 0 Å². The Hall–Kier alpha value is -2.12. The first kappa shape index (κ1) is 16.4. The second-order valence-electron chi connectivity index (χ2n) is 6.93. The fourth-order valence-electron chi connectivity index (χ4n) is 3.86. The molecular formula is C18H22FN5O. The molecule has 2 saturated heterocycles. The summed E-state index contributed by atoms with van der Waals surface area (Å²) in [5, 5.41) is 3.26. The summed E-state index contributed by atoms with van der Waals surface area (Å²) in [4.78, 5) is 14.5. The summed E-state index contributed by atoms with van der Waals surface area (Å²) in [5.41, 5.74) is 1.17. The molecule has 0 radical (unpaired) electrons. The SMILES string of the molecule is Fc1cnc(NC2COC3(CCCN(Cc4ccncc4)C3)C2)nc1. The predicted molar refractivity (Wildman–Crippen MR) is 91.4 cm³/mol. The van der Waals surface area contributed by atoms with Crippen LogP contribution in [0, 0.1) is 5.82 Å². The van der Waals surface area contributed by atoms with E-state index in [9.17, 15) is 4.39 Å². The number of ether oxygens (including phenoxy) is 1. The Bertz CT molecular complexity index is 698. The number of nitrogens with one attached hydrogen (secondary N) is 1. The van der Waals surface area contributed by atoms with Crippen LogP contribution < -0.4 is 5.32 Å². The fraction of sp³-hybridized carbons (Fsp3) is 0.500. The zero-order chi connectivity index (χ0) is 17.1. The van der Waals surface area contributed by atoms with Crippen molar-refractivity contribution in [3.05, 3.63) is 48.3 Å². The van der Waals surface area contributed by atoms with E-state index in [1.165, 1.54) is 18.0 Å². The molecule has 0 bridgehead atoms. The van der Waals surface area contributed by atoms with Gasteiger partial charge in [0.15, 0.2) is 5.82 Å². The zero-order valence-corrected chi connectivity index (χ0v) is 14.1. The summed E-state index contributed by atoms with van der Waals surface area (Å²) in [7, 11) is 0. The van der Waals surface area contributed by atoms with Crippen molar-refractivity contribution in [1.29, 1.82) is 0 Å². The quantitative estimate of drug-likeness (QED) is 0.919. The number of aromatic nitrogens is 3. The molecule has 2 aromatic heterocycles. The number of pyridine rings is 1. The van der Waals surface area contributed by atoms with Crippen LogP contribution in [0.15, 0.2) is 36.9 Å². The molecule has 6 nitrogen and oxygen atoms in total. The molecule has 2 aliphatic heterocycles. The number of hydrogen-bond acceptors (Lipinski definition) is 6. The Morgan fingerprint density at radius 2 is 2.08 bits per heavy atom. The standard InChI is InChI=1S/C18H22FN5O/c19-15-9-21-17(22-10-15)23-16-8-18(25-12-16)4-1-7-24(13-18)11-14-2-5-20-6-3-14/h2-3,5-6,9-10,16H,1,4,7-8,11-13H2,(H,21,22,23). The van der Waals surface area contributed by atoms with E-state index < -0.39 is 5.82 Å². The lowest BCUT2D eigenvalue weighted by Crippen LogP contribution is -2.47. The third-order valence-corrected chi connectivity index (χ3v) is 4.94. The van der Waals surface area contributed by atoms with E-state index in [0.717, 1.165) is 38.9 Å². The Morgan fingerprint density at radius 3 is 2.88 bits per heavy atom. The zero-order valence-electron chi connectivity index (χ0n) is 14.1. The van der Waals surface area contributed by atoms with E-state index in [2.05, 4.69) is 37.3 Å². The maximum absolute atomic E-state index is 12.9. The van der Waals surface area contributed by atoms with Crippen molar-refractivity contribution in [2.24, 2.45) is 0 Å². The first-order chi connectivity index (χ1) is 12.2. The largest absolute Gasteiger partial charge is 0.371 e. The maximum Gasteiger partial charge on any atom is 0.223 e. The van der Waals surface area contributed by atoms with Gasteiger partial charge in [0, 0.05) is 31.9 Å². The molecule has 25 heavy (non-hydrogen) atoms. The highest BCUT2D eigenvalue weighted by atomic mass is 19.1. The van der Waals surface area contributed by atoms with Gasteiger partial charge in [-0.15, -0.1) is 0 Å². The van der Waals surface area contributed by atoms with Gasteiger partial charge in [0.2, 0.25) is 5.95 Å². The second kappa shape index (κ2) is 7.01. The van der Waals surface area contributed by atoms with Crippen LogP contribution in [0.4, 0.5) is 10.3 Å². The predicted octanol–water partition coefficient (Wildman–Crippen LogP) is 2.25. The number of piperidine rings is 1. The molecule has 0 aliphatic carbocycles. The summed E-state index contributed by atoms with van der Waals surface area (Å²) >= 11 is 0. The summed E-state index contributed by atoms with van der Waals surface area (Å²) in [5.74, 6) is 0.0280. The van der Waals surface area contributed by atoms with E-state index in [4.69, 9.17) is 4.74 Å². The molecule has 1 spiro atoms. The van der Waals surface area contributed by atoms with Crippen molar-refractivity contribution in [1.82, 2.24) is 19.9 Å². The lowest BCUT2D eigenvalue weighted by molar-refractivity contribution is -0.0533. The molecule has 2 unspecified atom stereocenters. The summed E-state index contributed by atoms with van der Waals surface area (Å²) in [6, 6.07) is 4.28. The van der Waals surface area contributed by atoms with Crippen LogP contribution >= 0.6 is 0 Å². The van der Waals surface area contributed by atoms with Gasteiger partial charge in [-0.25, -0.2) is 14.4 Å². The van der Waals surface area contributed by atoms with Crippen molar-refractivity contribution in [3.63, 3.8) is 0 Å². The van der Waals surface area contributed by atoms with Gasteiger partial charge < -0.3 is 10.1 Å². The molecule has 4 heterocycles. The molecule has 132 valence electrons. The first-order valence-corrected chi connectivity index (χ1v) is 8.70. The number of anilines is 1. The molecule has 2 aliphatic rings. The van der Waals surface area contributed by atoms with Crippen molar-refractivity contribution >= 4 is 5.95 Å². The summed E-state index contributed by atoms with van der Waals surface area (Å²) in [6.45, 7) is 3.57. The van der Waals surface area contributed by atoms with Gasteiger partial charge in [-0.05, 0) is 37.1 Å². The molecule has 2 aromatic rings. The number of rotatable bonds is 4. The second-order valence-corrected chi connectivity index (χ2v) is 6.93. The number of halogens is 1. The van der Waals surface area contributed by atoms with Crippen LogP contribution in [0.5, 0.6) is 0 Å². The van der Waals surface area contributed by atoms with Gasteiger partial charge in [-0.1, -0.05) is 0 Å². The van der Waals surface area contributed by atoms with E-state index in [1.807, 2.05) is 12.4 Å². The molecule has 2 atom stereocenters. The van der Waals surface area contributed by atoms with Gasteiger partial charge in [0.25, 0.3) is 0 Å². The normalized spacial score (nSPS) is 26.8. The maximum atomic E-state index is 12.9. The molecule has 4 rings (SSSR count). The Balaban J connectivity index is 1.36. The number of likely N-dealkylation sites (tertiary alicyclic amines) is 1. The van der Waals surface area contributed by atoms with Gasteiger partial charge in [-0.2, -0.15) is 0 Å². The average molecular weight is 343 g/mol.